The Balaban J connectivity index is 1.21. The van der Waals surface area contributed by atoms with E-state index in [0.29, 0.717) is 116 Å². The number of nitrogens with zero attached hydrogens (tertiary/aromatic N) is 10. The highest BCUT2D eigenvalue weighted by atomic mass is 16.4. The van der Waals surface area contributed by atoms with Crippen molar-refractivity contribution in [3.63, 3.8) is 0 Å². The molecule has 54 heavy (non-hydrogen) atoms. The summed E-state index contributed by atoms with van der Waals surface area (Å²) in [6, 6.07) is 22.5. The van der Waals surface area contributed by atoms with Crippen molar-refractivity contribution >= 4 is 0 Å². The van der Waals surface area contributed by atoms with Gasteiger partial charge in [-0.1, -0.05) is 24.3 Å². The summed E-state index contributed by atoms with van der Waals surface area (Å²) in [5.74, 6) is 2.77. The van der Waals surface area contributed by atoms with Gasteiger partial charge in [-0.25, -0.2) is 39.9 Å². The average Bonchev–Trinajstić information content (AvgIpc) is 4.03. The molecule has 0 aliphatic carbocycles. The van der Waals surface area contributed by atoms with E-state index in [1.54, 1.807) is 12.5 Å². The van der Waals surface area contributed by atoms with Crippen molar-refractivity contribution in [2.75, 3.05) is 41.3 Å². The fraction of sp³-hybridized carbons (Fsp3) is 0.200. The lowest BCUT2D eigenvalue weighted by atomic mass is 10.2. The Morgan fingerprint density at radius 2 is 0.741 bits per heavy atom. The number of rotatable bonds is 6. The van der Waals surface area contributed by atoms with Crippen LogP contribution in [0.15, 0.2) is 103 Å². The number of hydrogen-bond acceptors (Lipinski definition) is 14. The van der Waals surface area contributed by atoms with Crippen LogP contribution in [-0.2, 0) is 12.8 Å². The molecule has 8 aromatic rings. The quantitative estimate of drug-likeness (QED) is 0.171. The second-order valence-corrected chi connectivity index (χ2v) is 13.4. The van der Waals surface area contributed by atoms with Crippen molar-refractivity contribution in [3.8, 4) is 91.9 Å². The topological polar surface area (TPSA) is 162 Å². The summed E-state index contributed by atoms with van der Waals surface area (Å²) < 4.78 is 24.8. The zero-order valence-corrected chi connectivity index (χ0v) is 30.0. The average molecular weight is 719 g/mol. The lowest BCUT2D eigenvalue weighted by Crippen LogP contribution is -2.15. The Hall–Kier alpha value is -6.64. The van der Waals surface area contributed by atoms with Crippen LogP contribution in [0.4, 0.5) is 0 Å². The largest absolute Gasteiger partial charge is 0.443 e. The van der Waals surface area contributed by atoms with Gasteiger partial charge in [0, 0.05) is 25.9 Å². The van der Waals surface area contributed by atoms with Crippen LogP contribution < -0.4 is 0 Å². The van der Waals surface area contributed by atoms with Crippen molar-refractivity contribution in [1.82, 2.24) is 49.7 Å². The smallest absolute Gasteiger partial charge is 0.245 e. The second kappa shape index (κ2) is 13.7. The highest BCUT2D eigenvalue weighted by Gasteiger charge is 2.23. The van der Waals surface area contributed by atoms with Gasteiger partial charge in [-0.15, -0.1) is 0 Å². The molecule has 0 radical (unpaired) electrons. The van der Waals surface area contributed by atoms with Gasteiger partial charge in [0.25, 0.3) is 0 Å². The van der Waals surface area contributed by atoms with Gasteiger partial charge < -0.3 is 27.5 Å². The molecular weight excluding hydrogens is 685 g/mol. The predicted molar refractivity (Wildman–Crippen MR) is 199 cm³/mol. The van der Waals surface area contributed by atoms with Crippen molar-refractivity contribution in [2.45, 2.75) is 12.8 Å². The van der Waals surface area contributed by atoms with Crippen LogP contribution in [0.5, 0.6) is 0 Å². The van der Waals surface area contributed by atoms with Crippen LogP contribution >= 0.6 is 0 Å². The third-order valence-corrected chi connectivity index (χ3v) is 8.86. The van der Waals surface area contributed by atoms with Gasteiger partial charge in [0.15, 0.2) is 0 Å². The Labute approximate surface area is 309 Å². The van der Waals surface area contributed by atoms with Crippen LogP contribution in [-0.4, -0.2) is 91.0 Å². The van der Waals surface area contributed by atoms with Crippen LogP contribution in [0.2, 0.25) is 0 Å². The minimum absolute atomic E-state index is 0.337. The minimum atomic E-state index is 0.337. The summed E-state index contributed by atoms with van der Waals surface area (Å²) in [6.45, 7) is 1.49. The monoisotopic (exact) mass is 718 g/mol. The Morgan fingerprint density at radius 3 is 1.15 bits per heavy atom. The van der Waals surface area contributed by atoms with Crippen LogP contribution in [0.1, 0.15) is 11.5 Å². The number of hydrogen-bond donors (Lipinski definition) is 0. The lowest BCUT2D eigenvalue weighted by Gasteiger charge is -2.08. The molecular formula is C40H34N10O4. The Kier molecular flexibility index (Phi) is 8.44. The maximum absolute atomic E-state index is 6.41. The molecule has 0 spiro atoms. The van der Waals surface area contributed by atoms with Crippen LogP contribution in [0, 0.1) is 0 Å². The first kappa shape index (κ1) is 33.2. The summed E-state index contributed by atoms with van der Waals surface area (Å²) in [7, 11) is 8.06. The predicted octanol–water partition coefficient (Wildman–Crippen LogP) is 7.08. The van der Waals surface area contributed by atoms with E-state index in [1.165, 1.54) is 0 Å². The van der Waals surface area contributed by atoms with Gasteiger partial charge in [0.05, 0.1) is 22.8 Å². The van der Waals surface area contributed by atoms with Gasteiger partial charge in [-0.3, -0.25) is 0 Å². The zero-order chi connectivity index (χ0) is 36.8. The van der Waals surface area contributed by atoms with Gasteiger partial charge in [-0.2, -0.15) is 0 Å². The molecule has 8 aromatic heterocycles. The standard InChI is InChI=1S/C40H34N10O4/c1-49(2)19-17-33-35-25-11-7-13-27(43-25)37-45-32(22-51-37)24-10-6-16-30(42-24)40-48-36(34(54-40)18-20-50(3)4)26-12-8-14-28(44-26)38-46-31(21-52-38)23-9-5-15-29(41-23)39(47-35)53-33/h5-16,21-22H,17-20H2,1-4H3. The van der Waals surface area contributed by atoms with E-state index < -0.39 is 0 Å². The molecule has 268 valence electrons. The van der Waals surface area contributed by atoms with E-state index in [9.17, 15) is 0 Å². The summed E-state index contributed by atoms with van der Waals surface area (Å²) in [6.07, 6.45) is 4.35. The van der Waals surface area contributed by atoms with Crippen molar-refractivity contribution in [3.05, 3.63) is 96.8 Å². The first-order valence-electron chi connectivity index (χ1n) is 17.5. The summed E-state index contributed by atoms with van der Waals surface area (Å²) in [5.41, 5.74) is 6.85. The third kappa shape index (κ3) is 6.48. The summed E-state index contributed by atoms with van der Waals surface area (Å²) >= 11 is 0. The van der Waals surface area contributed by atoms with Crippen molar-refractivity contribution < 1.29 is 17.7 Å². The molecule has 0 saturated carbocycles. The maximum Gasteiger partial charge on any atom is 0.245 e. The normalized spacial score (nSPS) is 12.0. The highest BCUT2D eigenvalue weighted by Crippen LogP contribution is 2.34. The third-order valence-electron chi connectivity index (χ3n) is 8.86. The van der Waals surface area contributed by atoms with Gasteiger partial charge in [0.1, 0.15) is 69.6 Å². The minimum Gasteiger partial charge on any atom is -0.443 e. The van der Waals surface area contributed by atoms with Crippen LogP contribution in [0.3, 0.4) is 0 Å². The summed E-state index contributed by atoms with van der Waals surface area (Å²) in [4.78, 5) is 43.2. The van der Waals surface area contributed by atoms with Gasteiger partial charge >= 0.3 is 0 Å². The molecule has 0 atom stereocenters. The molecule has 0 unspecified atom stereocenters. The van der Waals surface area contributed by atoms with Crippen LogP contribution in [0.25, 0.3) is 91.9 Å². The van der Waals surface area contributed by atoms with E-state index in [4.69, 9.17) is 57.5 Å². The molecule has 0 fully saturated rings. The molecule has 0 N–H and O–H groups in total. The number of pyridine rings is 4. The van der Waals surface area contributed by atoms with E-state index in [-0.39, 0.29) is 0 Å². The number of oxazole rings is 4. The van der Waals surface area contributed by atoms with E-state index in [0.717, 1.165) is 13.1 Å². The summed E-state index contributed by atoms with van der Waals surface area (Å²) in [5, 5.41) is 0. The lowest BCUT2D eigenvalue weighted by molar-refractivity contribution is 0.392. The molecule has 1 aliphatic rings. The molecule has 1 aliphatic heterocycles. The molecule has 0 saturated heterocycles. The fourth-order valence-corrected chi connectivity index (χ4v) is 6.09. The first-order valence-corrected chi connectivity index (χ1v) is 17.5. The fourth-order valence-electron chi connectivity index (χ4n) is 6.09. The second-order valence-electron chi connectivity index (χ2n) is 13.4. The van der Waals surface area contributed by atoms with Crippen molar-refractivity contribution in [1.29, 1.82) is 0 Å². The molecule has 16 bridgehead atoms. The molecule has 0 amide bonds. The molecule has 9 heterocycles. The van der Waals surface area contributed by atoms with E-state index >= 15 is 0 Å². The van der Waals surface area contributed by atoms with Gasteiger partial charge in [0.2, 0.25) is 23.6 Å². The molecule has 9 rings (SSSR count). The zero-order valence-electron chi connectivity index (χ0n) is 30.0. The van der Waals surface area contributed by atoms with Gasteiger partial charge in [-0.05, 0) is 76.7 Å². The first-order chi connectivity index (χ1) is 26.3. The maximum atomic E-state index is 6.41. The van der Waals surface area contributed by atoms with E-state index in [2.05, 4.69) is 9.80 Å². The molecule has 14 nitrogen and oxygen atoms in total. The Bertz CT molecular complexity index is 2440. The SMILES string of the molecule is CN(C)CCc1oc2nc1-c1cccc(n1)-c1nc(co1)-c1cccc(n1)-c1nc(c(CCN(C)C)o1)-c1cccc(n1)-c1nc(co1)-c1cccc-2n1. The highest BCUT2D eigenvalue weighted by molar-refractivity contribution is 5.69. The number of likely N-dealkylation sites (N-methyl/N-ethyl adjacent to an activating group) is 2. The Morgan fingerprint density at radius 1 is 0.389 bits per heavy atom. The molecule has 0 aromatic carbocycles. The van der Waals surface area contributed by atoms with Crippen molar-refractivity contribution in [2.24, 2.45) is 0 Å². The molecule has 14 heteroatoms. The number of aromatic nitrogens is 8. The van der Waals surface area contributed by atoms with E-state index in [1.807, 2.05) is 101 Å². The number of fused-ring (bicyclic) bond motifs is 24.